The van der Waals surface area contributed by atoms with E-state index < -0.39 is 0 Å². The predicted molar refractivity (Wildman–Crippen MR) is 94.7 cm³/mol. The van der Waals surface area contributed by atoms with E-state index in [9.17, 15) is 0 Å². The largest absolute Gasteiger partial charge is 0.497 e. The first-order chi connectivity index (χ1) is 11.7. The summed E-state index contributed by atoms with van der Waals surface area (Å²) in [5.74, 6) is 1.59. The van der Waals surface area contributed by atoms with E-state index in [1.807, 2.05) is 49.4 Å². The lowest BCUT2D eigenvalue weighted by atomic mass is 10.0. The van der Waals surface area contributed by atoms with Crippen LogP contribution < -0.4 is 9.47 Å². The molecular formula is C19H17N3O2. The molecule has 0 aliphatic carbocycles. The molecule has 0 saturated heterocycles. The predicted octanol–water partition coefficient (Wildman–Crippen LogP) is 4.10. The molecule has 4 rings (SSSR count). The third kappa shape index (κ3) is 2.09. The quantitative estimate of drug-likeness (QED) is 0.617. The Morgan fingerprint density at radius 3 is 2.58 bits per heavy atom. The highest BCUT2D eigenvalue weighted by Gasteiger charge is 2.17. The molecule has 2 aromatic carbocycles. The van der Waals surface area contributed by atoms with E-state index in [-0.39, 0.29) is 0 Å². The summed E-state index contributed by atoms with van der Waals surface area (Å²) in [6, 6.07) is 13.9. The highest BCUT2D eigenvalue weighted by atomic mass is 16.5. The topological polar surface area (TPSA) is 60.0 Å². The van der Waals surface area contributed by atoms with Crippen LogP contribution in [0.3, 0.4) is 0 Å². The monoisotopic (exact) mass is 319 g/mol. The maximum absolute atomic E-state index is 5.57. The molecule has 0 unspecified atom stereocenters. The van der Waals surface area contributed by atoms with Crippen molar-refractivity contribution in [3.63, 3.8) is 0 Å². The van der Waals surface area contributed by atoms with Crippen molar-refractivity contribution in [1.82, 2.24) is 15.2 Å². The van der Waals surface area contributed by atoms with E-state index in [2.05, 4.69) is 10.2 Å². The number of H-pyrrole nitrogens is 1. The zero-order valence-electron chi connectivity index (χ0n) is 13.8. The molecule has 1 N–H and O–H groups in total. The first kappa shape index (κ1) is 14.5. The maximum atomic E-state index is 5.57. The fraction of sp³-hybridized carbons (Fsp3) is 0.158. The highest BCUT2D eigenvalue weighted by molar-refractivity contribution is 6.12. The van der Waals surface area contributed by atoms with Gasteiger partial charge in [-0.05, 0) is 25.1 Å². The Morgan fingerprint density at radius 2 is 1.79 bits per heavy atom. The zero-order chi connectivity index (χ0) is 16.7. The molecule has 0 bridgehead atoms. The number of hydrogen-bond donors (Lipinski definition) is 1. The van der Waals surface area contributed by atoms with Crippen LogP contribution in [-0.2, 0) is 0 Å². The Hall–Kier alpha value is -3.08. The first-order valence-corrected chi connectivity index (χ1v) is 7.68. The molecule has 0 atom stereocenters. The van der Waals surface area contributed by atoms with Crippen LogP contribution in [-0.4, -0.2) is 29.4 Å². The molecule has 5 nitrogen and oxygen atoms in total. The first-order valence-electron chi connectivity index (χ1n) is 7.68. The minimum atomic E-state index is 0.788. The van der Waals surface area contributed by atoms with E-state index in [0.717, 1.165) is 50.3 Å². The summed E-state index contributed by atoms with van der Waals surface area (Å²) in [5.41, 5.74) is 4.49. The lowest BCUT2D eigenvalue weighted by Gasteiger charge is -2.11. The van der Waals surface area contributed by atoms with Crippen LogP contribution in [0.2, 0.25) is 0 Å². The third-order valence-electron chi connectivity index (χ3n) is 4.22. The molecule has 5 heteroatoms. The van der Waals surface area contributed by atoms with Crippen LogP contribution in [0.1, 0.15) is 5.69 Å². The summed E-state index contributed by atoms with van der Waals surface area (Å²) in [4.78, 5) is 4.88. The van der Waals surface area contributed by atoms with Crippen molar-refractivity contribution in [1.29, 1.82) is 0 Å². The van der Waals surface area contributed by atoms with Crippen molar-refractivity contribution in [3.05, 3.63) is 48.2 Å². The SMILES string of the molecule is COc1cccc(-c2nc3c(C)[nH]nc3c3c(OC)cccc23)c1. The number of nitrogens with one attached hydrogen (secondary N) is 1. The summed E-state index contributed by atoms with van der Waals surface area (Å²) >= 11 is 0. The van der Waals surface area contributed by atoms with Gasteiger partial charge in [-0.15, -0.1) is 0 Å². The number of pyridine rings is 1. The van der Waals surface area contributed by atoms with Gasteiger partial charge in [0.25, 0.3) is 0 Å². The van der Waals surface area contributed by atoms with Crippen molar-refractivity contribution in [3.8, 4) is 22.8 Å². The standard InChI is InChI=1S/C19H17N3O2/c1-11-17-19(22-21-11)16-14(8-5-9-15(16)24-3)18(20-17)12-6-4-7-13(10-12)23-2/h4-10H,1-3H3,(H,21,22). The van der Waals surface area contributed by atoms with Crippen molar-refractivity contribution in [2.24, 2.45) is 0 Å². The number of fused-ring (bicyclic) bond motifs is 3. The summed E-state index contributed by atoms with van der Waals surface area (Å²) in [5, 5.41) is 9.43. The third-order valence-corrected chi connectivity index (χ3v) is 4.22. The number of aryl methyl sites for hydroxylation is 1. The fourth-order valence-electron chi connectivity index (χ4n) is 3.04. The summed E-state index contributed by atoms with van der Waals surface area (Å²) < 4.78 is 10.9. The number of hydrogen-bond acceptors (Lipinski definition) is 4. The number of methoxy groups -OCH3 is 2. The second-order valence-corrected chi connectivity index (χ2v) is 5.62. The van der Waals surface area contributed by atoms with Gasteiger partial charge in [-0.2, -0.15) is 5.10 Å². The van der Waals surface area contributed by atoms with E-state index in [1.54, 1.807) is 14.2 Å². The zero-order valence-corrected chi connectivity index (χ0v) is 13.8. The van der Waals surface area contributed by atoms with Gasteiger partial charge in [0, 0.05) is 10.9 Å². The summed E-state index contributed by atoms with van der Waals surface area (Å²) in [6.07, 6.45) is 0. The molecule has 0 saturated carbocycles. The molecular weight excluding hydrogens is 302 g/mol. The second kappa shape index (κ2) is 5.53. The van der Waals surface area contributed by atoms with Crippen LogP contribution in [0.15, 0.2) is 42.5 Å². The van der Waals surface area contributed by atoms with Gasteiger partial charge in [0.15, 0.2) is 0 Å². The fourth-order valence-corrected chi connectivity index (χ4v) is 3.04. The Kier molecular flexibility index (Phi) is 3.34. The van der Waals surface area contributed by atoms with Crippen molar-refractivity contribution in [2.45, 2.75) is 6.92 Å². The maximum Gasteiger partial charge on any atom is 0.129 e. The molecule has 2 aromatic heterocycles. The van der Waals surface area contributed by atoms with Crippen molar-refractivity contribution in [2.75, 3.05) is 14.2 Å². The minimum Gasteiger partial charge on any atom is -0.497 e. The summed E-state index contributed by atoms with van der Waals surface area (Å²) in [6.45, 7) is 1.97. The average molecular weight is 319 g/mol. The molecule has 0 aliphatic heterocycles. The van der Waals surface area contributed by atoms with Crippen LogP contribution in [0.25, 0.3) is 33.1 Å². The number of aromatic nitrogens is 3. The highest BCUT2D eigenvalue weighted by Crippen LogP contribution is 2.37. The van der Waals surface area contributed by atoms with Gasteiger partial charge in [0.05, 0.1) is 31.0 Å². The molecule has 4 aromatic rings. The molecule has 0 fully saturated rings. The summed E-state index contributed by atoms with van der Waals surface area (Å²) in [7, 11) is 3.34. The normalized spacial score (nSPS) is 11.1. The van der Waals surface area contributed by atoms with E-state index in [1.165, 1.54) is 0 Å². The smallest absolute Gasteiger partial charge is 0.129 e. The van der Waals surface area contributed by atoms with Gasteiger partial charge in [-0.3, -0.25) is 5.10 Å². The average Bonchev–Trinajstić information content (AvgIpc) is 3.01. The van der Waals surface area contributed by atoms with Crippen LogP contribution in [0, 0.1) is 6.92 Å². The van der Waals surface area contributed by atoms with Gasteiger partial charge < -0.3 is 9.47 Å². The molecule has 0 amide bonds. The van der Waals surface area contributed by atoms with E-state index >= 15 is 0 Å². The number of rotatable bonds is 3. The molecule has 24 heavy (non-hydrogen) atoms. The number of ether oxygens (including phenoxy) is 2. The van der Waals surface area contributed by atoms with Gasteiger partial charge in [-0.1, -0.05) is 24.3 Å². The Morgan fingerprint density at radius 1 is 0.958 bits per heavy atom. The molecule has 0 radical (unpaired) electrons. The number of benzene rings is 2. The Balaban J connectivity index is 2.15. The number of nitrogens with zero attached hydrogens (tertiary/aromatic N) is 2. The van der Waals surface area contributed by atoms with Gasteiger partial charge >= 0.3 is 0 Å². The minimum absolute atomic E-state index is 0.788. The van der Waals surface area contributed by atoms with Gasteiger partial charge in [-0.25, -0.2) is 4.98 Å². The number of aromatic amines is 1. The van der Waals surface area contributed by atoms with E-state index in [4.69, 9.17) is 14.5 Å². The lowest BCUT2D eigenvalue weighted by Crippen LogP contribution is -1.93. The lowest BCUT2D eigenvalue weighted by molar-refractivity contribution is 0.415. The molecule has 0 aliphatic rings. The van der Waals surface area contributed by atoms with Crippen molar-refractivity contribution >= 4 is 21.8 Å². The van der Waals surface area contributed by atoms with E-state index in [0.29, 0.717) is 0 Å². The molecule has 2 heterocycles. The Labute approximate surface area is 139 Å². The van der Waals surface area contributed by atoms with Crippen molar-refractivity contribution < 1.29 is 9.47 Å². The van der Waals surface area contributed by atoms with Crippen LogP contribution in [0.5, 0.6) is 11.5 Å². The second-order valence-electron chi connectivity index (χ2n) is 5.62. The molecule has 120 valence electrons. The molecule has 0 spiro atoms. The van der Waals surface area contributed by atoms with Crippen LogP contribution >= 0.6 is 0 Å². The Bertz CT molecular complexity index is 1050. The van der Waals surface area contributed by atoms with Crippen LogP contribution in [0.4, 0.5) is 0 Å². The van der Waals surface area contributed by atoms with Gasteiger partial charge in [0.1, 0.15) is 22.5 Å². The van der Waals surface area contributed by atoms with Gasteiger partial charge in [0.2, 0.25) is 0 Å².